The second kappa shape index (κ2) is 6.78. The molecule has 0 saturated carbocycles. The molecule has 0 radical (unpaired) electrons. The van der Waals surface area contributed by atoms with Crippen LogP contribution in [0.5, 0.6) is 0 Å². The van der Waals surface area contributed by atoms with E-state index in [1.54, 1.807) is 13.1 Å². The van der Waals surface area contributed by atoms with Gasteiger partial charge in [-0.2, -0.15) is 0 Å². The predicted molar refractivity (Wildman–Crippen MR) is 84.1 cm³/mol. The first kappa shape index (κ1) is 15.5. The summed E-state index contributed by atoms with van der Waals surface area (Å²) in [4.78, 5) is 22.5. The van der Waals surface area contributed by atoms with Crippen molar-refractivity contribution in [3.05, 3.63) is 41.7 Å². The Bertz CT molecular complexity index is 685. The first-order chi connectivity index (χ1) is 11.1. The second-order valence-corrected chi connectivity index (χ2v) is 5.68. The summed E-state index contributed by atoms with van der Waals surface area (Å²) < 4.78 is 5.09. The van der Waals surface area contributed by atoms with Gasteiger partial charge in [0.1, 0.15) is 5.82 Å². The summed E-state index contributed by atoms with van der Waals surface area (Å²) in [6, 6.07) is 3.77. The van der Waals surface area contributed by atoms with Gasteiger partial charge in [-0.3, -0.25) is 4.79 Å². The van der Waals surface area contributed by atoms with Crippen LogP contribution in [-0.4, -0.2) is 40.2 Å². The van der Waals surface area contributed by atoms with Crippen LogP contribution in [0.4, 0.5) is 5.82 Å². The van der Waals surface area contributed by atoms with Gasteiger partial charge in [-0.15, -0.1) is 0 Å². The molecule has 7 nitrogen and oxygen atoms in total. The average Bonchev–Trinajstić information content (AvgIpc) is 2.99. The molecule has 1 fully saturated rings. The van der Waals surface area contributed by atoms with Gasteiger partial charge in [-0.1, -0.05) is 6.07 Å². The smallest absolute Gasteiger partial charge is 0.289 e. The van der Waals surface area contributed by atoms with Gasteiger partial charge >= 0.3 is 0 Å². The number of carbonyl (C=O) groups excluding carboxylic acids is 1. The van der Waals surface area contributed by atoms with Gasteiger partial charge in [0.2, 0.25) is 5.76 Å². The molecule has 1 amide bonds. The number of nitrogens with zero attached hydrogens (tertiary/aromatic N) is 3. The van der Waals surface area contributed by atoms with Crippen LogP contribution in [0, 0.1) is 6.92 Å². The Morgan fingerprint density at radius 1 is 1.52 bits per heavy atom. The van der Waals surface area contributed by atoms with Crippen molar-refractivity contribution in [2.45, 2.75) is 32.4 Å². The lowest BCUT2D eigenvalue weighted by Crippen LogP contribution is -2.39. The fourth-order valence-electron chi connectivity index (χ4n) is 2.78. The Labute approximate surface area is 134 Å². The van der Waals surface area contributed by atoms with Gasteiger partial charge in [0.25, 0.3) is 5.91 Å². The van der Waals surface area contributed by atoms with Crippen molar-refractivity contribution in [3.8, 4) is 0 Å². The Hall–Kier alpha value is -2.41. The number of nitrogens with one attached hydrogen (secondary N) is 1. The highest BCUT2D eigenvalue weighted by molar-refractivity contribution is 5.92. The van der Waals surface area contributed by atoms with Crippen LogP contribution in [0.3, 0.4) is 0 Å². The van der Waals surface area contributed by atoms with Crippen LogP contribution in [0.25, 0.3) is 0 Å². The van der Waals surface area contributed by atoms with Crippen molar-refractivity contribution in [1.29, 1.82) is 0 Å². The zero-order valence-corrected chi connectivity index (χ0v) is 13.0. The lowest BCUT2D eigenvalue weighted by molar-refractivity contribution is 0.0922. The number of anilines is 1. The summed E-state index contributed by atoms with van der Waals surface area (Å²) in [6.07, 6.45) is 4.41. The maximum Gasteiger partial charge on any atom is 0.289 e. The highest BCUT2D eigenvalue weighted by Gasteiger charge is 2.21. The number of aliphatic hydroxyl groups excluding tert-OH is 1. The molecule has 2 aromatic rings. The number of pyridine rings is 1. The normalized spacial score (nSPS) is 18.0. The van der Waals surface area contributed by atoms with E-state index in [2.05, 4.69) is 20.2 Å². The monoisotopic (exact) mass is 316 g/mol. The third kappa shape index (κ3) is 3.50. The van der Waals surface area contributed by atoms with Gasteiger partial charge < -0.3 is 19.7 Å². The number of carbonyl (C=O) groups is 1. The fourth-order valence-corrected chi connectivity index (χ4v) is 2.78. The molecule has 3 rings (SSSR count). The van der Waals surface area contributed by atoms with Crippen molar-refractivity contribution in [3.63, 3.8) is 0 Å². The van der Waals surface area contributed by atoms with Crippen molar-refractivity contribution in [2.75, 3.05) is 18.0 Å². The average molecular weight is 316 g/mol. The summed E-state index contributed by atoms with van der Waals surface area (Å²) in [6.45, 7) is 3.49. The molecule has 7 heteroatoms. The Morgan fingerprint density at radius 2 is 2.39 bits per heavy atom. The molecule has 2 N–H and O–H groups in total. The predicted octanol–water partition coefficient (Wildman–Crippen LogP) is 1.27. The second-order valence-electron chi connectivity index (χ2n) is 5.68. The van der Waals surface area contributed by atoms with E-state index in [4.69, 9.17) is 4.42 Å². The number of amides is 1. The highest BCUT2D eigenvalue weighted by atomic mass is 16.3. The molecule has 1 aliphatic heterocycles. The Balaban J connectivity index is 1.71. The van der Waals surface area contributed by atoms with E-state index in [0.29, 0.717) is 18.8 Å². The SMILES string of the molecule is Cc1ncoc1C(=O)NCc1cccnc1N1CCCC(O)C1. The van der Waals surface area contributed by atoms with Gasteiger partial charge in [-0.25, -0.2) is 9.97 Å². The quantitative estimate of drug-likeness (QED) is 0.882. The van der Waals surface area contributed by atoms with E-state index >= 15 is 0 Å². The van der Waals surface area contributed by atoms with Crippen molar-refractivity contribution in [2.24, 2.45) is 0 Å². The molecule has 0 bridgehead atoms. The lowest BCUT2D eigenvalue weighted by Gasteiger charge is -2.32. The molecular formula is C16H20N4O3. The summed E-state index contributed by atoms with van der Waals surface area (Å²) >= 11 is 0. The van der Waals surface area contributed by atoms with E-state index in [0.717, 1.165) is 30.8 Å². The Morgan fingerprint density at radius 3 is 3.13 bits per heavy atom. The van der Waals surface area contributed by atoms with Crippen LogP contribution in [-0.2, 0) is 6.54 Å². The number of aliphatic hydroxyl groups is 1. The van der Waals surface area contributed by atoms with Gasteiger partial charge in [-0.05, 0) is 25.8 Å². The maximum absolute atomic E-state index is 12.1. The zero-order valence-electron chi connectivity index (χ0n) is 13.0. The minimum Gasteiger partial charge on any atom is -0.438 e. The minimum absolute atomic E-state index is 0.226. The third-order valence-corrected chi connectivity index (χ3v) is 3.95. The molecule has 23 heavy (non-hydrogen) atoms. The Kier molecular flexibility index (Phi) is 4.57. The lowest BCUT2D eigenvalue weighted by atomic mass is 10.1. The zero-order chi connectivity index (χ0) is 16.2. The maximum atomic E-state index is 12.1. The molecule has 122 valence electrons. The molecule has 1 atom stereocenters. The van der Waals surface area contributed by atoms with Crippen molar-refractivity contribution >= 4 is 11.7 Å². The van der Waals surface area contributed by atoms with Gasteiger partial charge in [0.15, 0.2) is 6.39 Å². The van der Waals surface area contributed by atoms with E-state index in [-0.39, 0.29) is 17.8 Å². The largest absolute Gasteiger partial charge is 0.438 e. The molecule has 1 aliphatic rings. The van der Waals surface area contributed by atoms with Gasteiger partial charge in [0, 0.05) is 31.4 Å². The van der Waals surface area contributed by atoms with Crippen LogP contribution in [0.15, 0.2) is 29.1 Å². The number of hydrogen-bond acceptors (Lipinski definition) is 6. The van der Waals surface area contributed by atoms with Crippen LogP contribution in [0.1, 0.15) is 34.7 Å². The van der Waals surface area contributed by atoms with Crippen LogP contribution >= 0.6 is 0 Å². The molecule has 1 unspecified atom stereocenters. The molecule has 1 saturated heterocycles. The standard InChI is InChI=1S/C16H20N4O3/c1-11-14(23-10-19-11)16(22)18-8-12-4-2-6-17-15(12)20-7-3-5-13(21)9-20/h2,4,6,10,13,21H,3,5,7-9H2,1H3,(H,18,22). The molecule has 2 aromatic heterocycles. The summed E-state index contributed by atoms with van der Waals surface area (Å²) in [5.74, 6) is 0.734. The van der Waals surface area contributed by atoms with Crippen LogP contribution in [0.2, 0.25) is 0 Å². The first-order valence-electron chi connectivity index (χ1n) is 7.70. The van der Waals surface area contributed by atoms with Crippen LogP contribution < -0.4 is 10.2 Å². The molecular weight excluding hydrogens is 296 g/mol. The number of oxazole rings is 1. The summed E-state index contributed by atoms with van der Waals surface area (Å²) in [7, 11) is 0. The summed E-state index contributed by atoms with van der Waals surface area (Å²) in [5.41, 5.74) is 1.47. The number of aryl methyl sites for hydroxylation is 1. The number of piperidine rings is 1. The molecule has 0 spiro atoms. The van der Waals surface area contributed by atoms with E-state index in [9.17, 15) is 9.90 Å². The number of rotatable bonds is 4. The van der Waals surface area contributed by atoms with E-state index in [1.807, 2.05) is 12.1 Å². The van der Waals surface area contributed by atoms with E-state index in [1.165, 1.54) is 6.39 Å². The third-order valence-electron chi connectivity index (χ3n) is 3.95. The van der Waals surface area contributed by atoms with Crippen molar-refractivity contribution in [1.82, 2.24) is 15.3 Å². The van der Waals surface area contributed by atoms with Gasteiger partial charge in [0.05, 0.1) is 11.8 Å². The highest BCUT2D eigenvalue weighted by Crippen LogP contribution is 2.21. The molecule has 0 aromatic carbocycles. The first-order valence-corrected chi connectivity index (χ1v) is 7.70. The molecule has 3 heterocycles. The number of aromatic nitrogens is 2. The van der Waals surface area contributed by atoms with E-state index < -0.39 is 0 Å². The minimum atomic E-state index is -0.329. The summed E-state index contributed by atoms with van der Waals surface area (Å²) in [5, 5.41) is 12.7. The topological polar surface area (TPSA) is 91.5 Å². The number of hydrogen-bond donors (Lipinski definition) is 2. The molecule has 0 aliphatic carbocycles. The van der Waals surface area contributed by atoms with Crippen molar-refractivity contribution < 1.29 is 14.3 Å². The fraction of sp³-hybridized carbons (Fsp3) is 0.438. The number of β-amino-alcohol motifs (C(OH)–C–C–N with tert-alkyl or cyclic N) is 1.